The lowest BCUT2D eigenvalue weighted by Gasteiger charge is -2.14. The lowest BCUT2D eigenvalue weighted by atomic mass is 9.96. The van der Waals surface area contributed by atoms with Gasteiger partial charge in [-0.2, -0.15) is 0 Å². The Morgan fingerprint density at radius 1 is 1.29 bits per heavy atom. The van der Waals surface area contributed by atoms with Crippen LogP contribution in [-0.2, 0) is 6.42 Å². The molecule has 1 aliphatic rings. The minimum Gasteiger partial charge on any atom is -1.00 e. The zero-order valence-corrected chi connectivity index (χ0v) is 13.3. The van der Waals surface area contributed by atoms with E-state index in [4.69, 9.17) is 0 Å². The van der Waals surface area contributed by atoms with Crippen molar-refractivity contribution >= 4 is 32.3 Å². The number of hydrogen-bond acceptors (Lipinski definition) is 2. The second-order valence-electron chi connectivity index (χ2n) is 4.68. The normalized spacial score (nSPS) is 17.2. The second-order valence-corrected chi connectivity index (χ2v) is 7.09. The van der Waals surface area contributed by atoms with Crippen LogP contribution in [0.15, 0.2) is 12.3 Å². The fourth-order valence-electron chi connectivity index (χ4n) is 2.55. The smallest absolute Gasteiger partial charge is 0.193 e. The Morgan fingerprint density at radius 3 is 2.71 bits per heavy atom. The first kappa shape index (κ1) is 13.5. The highest BCUT2D eigenvalue weighted by Crippen LogP contribution is 2.31. The molecule has 94 valence electrons. The number of hydrogen-bond donors (Lipinski definition) is 0. The summed E-state index contributed by atoms with van der Waals surface area (Å²) in [6.07, 6.45) is 10.6. The molecule has 0 aliphatic heterocycles. The van der Waals surface area contributed by atoms with Crippen molar-refractivity contribution in [2.45, 2.75) is 51.5 Å². The van der Waals surface area contributed by atoms with Crippen LogP contribution in [0.3, 0.4) is 0 Å². The largest absolute Gasteiger partial charge is 1.00 e. The van der Waals surface area contributed by atoms with Crippen LogP contribution in [0.5, 0.6) is 0 Å². The second kappa shape index (κ2) is 5.81. The fourth-order valence-corrected chi connectivity index (χ4v) is 5.01. The average molecular weight is 332 g/mol. The number of thiophene rings is 1. The van der Waals surface area contributed by atoms with E-state index in [1.807, 2.05) is 22.9 Å². The van der Waals surface area contributed by atoms with E-state index in [2.05, 4.69) is 23.1 Å². The van der Waals surface area contributed by atoms with Crippen LogP contribution >= 0.6 is 22.9 Å². The van der Waals surface area contributed by atoms with E-state index in [0.29, 0.717) is 0 Å². The molecule has 4 heteroatoms. The monoisotopic (exact) mass is 331 g/mol. The summed E-state index contributed by atoms with van der Waals surface area (Å²) in [7, 11) is 0. The van der Waals surface area contributed by atoms with Gasteiger partial charge in [-0.15, -0.1) is 15.3 Å². The average Bonchev–Trinajstić information content (AvgIpc) is 2.87. The van der Waals surface area contributed by atoms with Crippen LogP contribution in [0.2, 0.25) is 0 Å². The molecule has 2 aromatic rings. The summed E-state index contributed by atoms with van der Waals surface area (Å²) in [5.74, 6) is 0. The van der Waals surface area contributed by atoms with Gasteiger partial charge in [0.05, 0.1) is 5.39 Å². The lowest BCUT2D eigenvalue weighted by Crippen LogP contribution is -3.00. The maximum absolute atomic E-state index is 2.51. The molecule has 0 radical (unpaired) electrons. The van der Waals surface area contributed by atoms with Crippen molar-refractivity contribution in [3.63, 3.8) is 0 Å². The fraction of sp³-hybridized carbons (Fsp3) is 0.615. The number of nitrogens with zero attached hydrogens (tertiary/aromatic N) is 1. The minimum absolute atomic E-state index is 0. The zero-order valence-electron chi connectivity index (χ0n) is 10.1. The SMILES string of the molecule is CCc1cc2c[n+](C3CCCCC3)sc2s1.[Br-]. The molecule has 1 fully saturated rings. The Bertz CT molecular complexity index is 451. The Labute approximate surface area is 121 Å². The molecule has 2 aromatic heterocycles. The quantitative estimate of drug-likeness (QED) is 0.731. The Balaban J connectivity index is 0.00000108. The van der Waals surface area contributed by atoms with Crippen molar-refractivity contribution in [2.75, 3.05) is 0 Å². The van der Waals surface area contributed by atoms with Gasteiger partial charge in [-0.05, 0) is 25.3 Å². The van der Waals surface area contributed by atoms with Crippen molar-refractivity contribution in [3.05, 3.63) is 17.1 Å². The van der Waals surface area contributed by atoms with E-state index in [1.54, 1.807) is 0 Å². The van der Waals surface area contributed by atoms with Gasteiger partial charge >= 0.3 is 0 Å². The number of fused-ring (bicyclic) bond motifs is 1. The minimum atomic E-state index is 0. The van der Waals surface area contributed by atoms with Gasteiger partial charge in [0.1, 0.15) is 0 Å². The molecule has 2 heterocycles. The highest BCUT2D eigenvalue weighted by molar-refractivity contribution is 7.34. The van der Waals surface area contributed by atoms with E-state index >= 15 is 0 Å². The van der Waals surface area contributed by atoms with Gasteiger partial charge in [0.25, 0.3) is 0 Å². The van der Waals surface area contributed by atoms with Gasteiger partial charge in [0.15, 0.2) is 27.8 Å². The molecule has 1 saturated carbocycles. The van der Waals surface area contributed by atoms with Gasteiger partial charge in [-0.1, -0.05) is 13.3 Å². The van der Waals surface area contributed by atoms with Crippen LogP contribution in [0, 0.1) is 0 Å². The molecule has 0 N–H and O–H groups in total. The van der Waals surface area contributed by atoms with Gasteiger partial charge in [-0.25, -0.2) is 0 Å². The topological polar surface area (TPSA) is 3.88 Å². The highest BCUT2D eigenvalue weighted by Gasteiger charge is 2.25. The Hall–Kier alpha value is 0.0700. The molecule has 0 bridgehead atoms. The summed E-state index contributed by atoms with van der Waals surface area (Å²) < 4.78 is 4.03. The molecular formula is C13H18BrNS2. The number of aromatic nitrogens is 1. The molecule has 0 unspecified atom stereocenters. The molecule has 0 amide bonds. The van der Waals surface area contributed by atoms with E-state index in [9.17, 15) is 0 Å². The van der Waals surface area contributed by atoms with E-state index in [1.165, 1.54) is 52.8 Å². The summed E-state index contributed by atoms with van der Waals surface area (Å²) in [6, 6.07) is 3.17. The van der Waals surface area contributed by atoms with E-state index in [0.717, 1.165) is 6.04 Å². The summed E-state index contributed by atoms with van der Waals surface area (Å²) in [6.45, 7) is 2.24. The maximum Gasteiger partial charge on any atom is 0.193 e. The Morgan fingerprint density at radius 2 is 2.06 bits per heavy atom. The molecule has 1 nitrogen and oxygen atoms in total. The predicted molar refractivity (Wildman–Crippen MR) is 71.4 cm³/mol. The third kappa shape index (κ3) is 2.74. The van der Waals surface area contributed by atoms with Crippen molar-refractivity contribution in [1.82, 2.24) is 0 Å². The first-order chi connectivity index (χ1) is 7.86. The number of aryl methyl sites for hydroxylation is 1. The van der Waals surface area contributed by atoms with Crippen LogP contribution in [0.1, 0.15) is 49.9 Å². The number of rotatable bonds is 2. The van der Waals surface area contributed by atoms with E-state index in [-0.39, 0.29) is 17.0 Å². The van der Waals surface area contributed by atoms with E-state index < -0.39 is 0 Å². The summed E-state index contributed by atoms with van der Waals surface area (Å²) in [5.41, 5.74) is 0. The Kier molecular flexibility index (Phi) is 4.61. The van der Waals surface area contributed by atoms with Gasteiger partial charge in [0.2, 0.25) is 0 Å². The summed E-state index contributed by atoms with van der Waals surface area (Å²) in [5, 5.41) is 1.47. The zero-order chi connectivity index (χ0) is 11.0. The van der Waals surface area contributed by atoms with Crippen molar-refractivity contribution < 1.29 is 20.9 Å². The standard InChI is InChI=1S/C13H18NS2.BrH/c1-2-12-8-10-9-14(16-13(10)15-12)11-6-4-3-5-7-11;/h8-9,11H,2-7H2,1H3;1H/q+1;/p-1. The summed E-state index contributed by atoms with van der Waals surface area (Å²) in [4.78, 5) is 1.53. The number of halogens is 1. The maximum atomic E-state index is 2.51. The molecule has 3 rings (SSSR count). The van der Waals surface area contributed by atoms with Crippen molar-refractivity contribution in [2.24, 2.45) is 0 Å². The molecule has 1 aliphatic carbocycles. The third-order valence-corrected chi connectivity index (χ3v) is 6.09. The highest BCUT2D eigenvalue weighted by atomic mass is 79.9. The third-order valence-electron chi connectivity index (χ3n) is 3.51. The van der Waals surface area contributed by atoms with Crippen LogP contribution in [0.25, 0.3) is 9.40 Å². The molecular weight excluding hydrogens is 314 g/mol. The molecule has 0 spiro atoms. The summed E-state index contributed by atoms with van der Waals surface area (Å²) >= 11 is 3.95. The first-order valence-corrected chi connectivity index (χ1v) is 7.89. The molecule has 17 heavy (non-hydrogen) atoms. The van der Waals surface area contributed by atoms with Crippen LogP contribution < -0.4 is 20.9 Å². The van der Waals surface area contributed by atoms with Crippen molar-refractivity contribution in [1.29, 1.82) is 0 Å². The molecule has 0 aromatic carbocycles. The predicted octanol–water partition coefficient (Wildman–Crippen LogP) is 1.32. The molecule has 0 atom stereocenters. The van der Waals surface area contributed by atoms with Crippen LogP contribution in [-0.4, -0.2) is 0 Å². The van der Waals surface area contributed by atoms with Gasteiger partial charge < -0.3 is 17.0 Å². The molecule has 0 saturated heterocycles. The van der Waals surface area contributed by atoms with Crippen LogP contribution in [0.4, 0.5) is 0 Å². The lowest BCUT2D eigenvalue weighted by molar-refractivity contribution is -0.660. The van der Waals surface area contributed by atoms with Crippen molar-refractivity contribution in [3.8, 4) is 0 Å². The van der Waals surface area contributed by atoms with Gasteiger partial charge in [-0.3, -0.25) is 0 Å². The van der Waals surface area contributed by atoms with Gasteiger partial charge in [0, 0.05) is 17.7 Å². The first-order valence-electron chi connectivity index (χ1n) is 6.30.